The first-order chi connectivity index (χ1) is 16.0. The van der Waals surface area contributed by atoms with Crippen molar-refractivity contribution in [3.05, 3.63) is 98.8 Å². The molecule has 0 saturated heterocycles. The Balaban J connectivity index is 1.85. The first kappa shape index (κ1) is 22.0. The van der Waals surface area contributed by atoms with Crippen LogP contribution in [0.2, 0.25) is 0 Å². The highest BCUT2D eigenvalue weighted by Gasteiger charge is 2.34. The van der Waals surface area contributed by atoms with Crippen molar-refractivity contribution in [1.29, 1.82) is 5.26 Å². The van der Waals surface area contributed by atoms with Gasteiger partial charge in [-0.25, -0.2) is 0 Å². The molecule has 168 valence electrons. The highest BCUT2D eigenvalue weighted by atomic mass is 16.5. The minimum absolute atomic E-state index is 0.00868. The van der Waals surface area contributed by atoms with Crippen LogP contribution in [0, 0.1) is 18.3 Å². The molecular formula is C26H25N3O4. The molecule has 2 aromatic carbocycles. The van der Waals surface area contributed by atoms with Gasteiger partial charge in [0, 0.05) is 18.3 Å². The fourth-order valence-electron chi connectivity index (χ4n) is 4.22. The Morgan fingerprint density at radius 3 is 2.48 bits per heavy atom. The summed E-state index contributed by atoms with van der Waals surface area (Å²) in [5.41, 5.74) is 9.04. The summed E-state index contributed by atoms with van der Waals surface area (Å²) in [5.74, 6) is 0.716. The van der Waals surface area contributed by atoms with Crippen molar-refractivity contribution in [3.8, 4) is 23.3 Å². The monoisotopic (exact) mass is 443 g/mol. The van der Waals surface area contributed by atoms with E-state index in [0.29, 0.717) is 41.3 Å². The van der Waals surface area contributed by atoms with Gasteiger partial charge in [0.05, 0.1) is 25.7 Å². The first-order valence-electron chi connectivity index (χ1n) is 10.6. The van der Waals surface area contributed by atoms with Gasteiger partial charge in [-0.3, -0.25) is 4.79 Å². The highest BCUT2D eigenvalue weighted by molar-refractivity contribution is 5.57. The van der Waals surface area contributed by atoms with E-state index in [2.05, 4.69) is 6.07 Å². The molecule has 7 heteroatoms. The number of nitrogens with zero attached hydrogens (tertiary/aromatic N) is 2. The van der Waals surface area contributed by atoms with Gasteiger partial charge >= 0.3 is 0 Å². The topological polar surface area (TPSA) is 99.5 Å². The lowest BCUT2D eigenvalue weighted by molar-refractivity contribution is 0.354. The summed E-state index contributed by atoms with van der Waals surface area (Å²) in [6, 6.07) is 19.2. The van der Waals surface area contributed by atoms with Crippen LogP contribution in [0.5, 0.6) is 17.2 Å². The van der Waals surface area contributed by atoms with Crippen LogP contribution in [-0.2, 0) is 13.0 Å². The van der Waals surface area contributed by atoms with E-state index in [4.69, 9.17) is 19.9 Å². The number of pyridine rings is 1. The second-order valence-electron chi connectivity index (χ2n) is 7.80. The minimum atomic E-state index is -0.686. The number of methoxy groups -OCH3 is 2. The Kier molecular flexibility index (Phi) is 6.09. The van der Waals surface area contributed by atoms with E-state index >= 15 is 0 Å². The number of ether oxygens (including phenoxy) is 3. The van der Waals surface area contributed by atoms with Crippen LogP contribution in [-0.4, -0.2) is 18.8 Å². The molecule has 3 aromatic rings. The number of aromatic nitrogens is 1. The fraction of sp³-hybridized carbons (Fsp3) is 0.231. The summed E-state index contributed by atoms with van der Waals surface area (Å²) in [5, 5.41) is 9.88. The number of nitrogens with two attached hydrogens (primary N) is 1. The van der Waals surface area contributed by atoms with Crippen LogP contribution in [0.3, 0.4) is 0 Å². The number of fused-ring (bicyclic) bond motifs is 1. The summed E-state index contributed by atoms with van der Waals surface area (Å²) in [6.45, 7) is 2.36. The smallest absolute Gasteiger partial charge is 0.258 e. The second-order valence-corrected chi connectivity index (χ2v) is 7.80. The lowest BCUT2D eigenvalue weighted by Gasteiger charge is -2.27. The summed E-state index contributed by atoms with van der Waals surface area (Å²) in [4.78, 5) is 13.7. The Morgan fingerprint density at radius 1 is 1.09 bits per heavy atom. The molecule has 2 N–H and O–H groups in total. The van der Waals surface area contributed by atoms with E-state index < -0.39 is 5.92 Å². The third kappa shape index (κ3) is 4.03. The third-order valence-electron chi connectivity index (χ3n) is 5.90. The number of aryl methyl sites for hydroxylation is 2. The number of benzene rings is 2. The van der Waals surface area contributed by atoms with Crippen LogP contribution in [0.4, 0.5) is 0 Å². The van der Waals surface area contributed by atoms with Crippen molar-refractivity contribution >= 4 is 0 Å². The van der Waals surface area contributed by atoms with Crippen molar-refractivity contribution in [2.75, 3.05) is 14.2 Å². The van der Waals surface area contributed by atoms with Crippen molar-refractivity contribution in [2.24, 2.45) is 5.73 Å². The van der Waals surface area contributed by atoms with Gasteiger partial charge in [0.2, 0.25) is 5.88 Å². The maximum atomic E-state index is 13.7. The molecule has 7 nitrogen and oxygen atoms in total. The maximum Gasteiger partial charge on any atom is 0.258 e. The molecule has 1 aliphatic heterocycles. The minimum Gasteiger partial charge on any atom is -0.493 e. The van der Waals surface area contributed by atoms with Gasteiger partial charge in [0.15, 0.2) is 11.5 Å². The van der Waals surface area contributed by atoms with Crippen molar-refractivity contribution in [3.63, 3.8) is 0 Å². The maximum absolute atomic E-state index is 13.7. The normalized spacial score (nSPS) is 14.8. The first-order valence-corrected chi connectivity index (χ1v) is 10.6. The van der Waals surface area contributed by atoms with Crippen LogP contribution < -0.4 is 25.5 Å². The van der Waals surface area contributed by atoms with Crippen molar-refractivity contribution < 1.29 is 14.2 Å². The average Bonchev–Trinajstić information content (AvgIpc) is 2.83. The summed E-state index contributed by atoms with van der Waals surface area (Å²) in [6.07, 6.45) is 0.700. The molecule has 0 bridgehead atoms. The molecule has 0 amide bonds. The summed E-state index contributed by atoms with van der Waals surface area (Å²) < 4.78 is 18.2. The molecule has 0 radical (unpaired) electrons. The molecule has 0 spiro atoms. The van der Waals surface area contributed by atoms with E-state index in [1.807, 2.05) is 37.3 Å². The van der Waals surface area contributed by atoms with Gasteiger partial charge in [-0.2, -0.15) is 5.26 Å². The van der Waals surface area contributed by atoms with Crippen LogP contribution in [0.25, 0.3) is 0 Å². The summed E-state index contributed by atoms with van der Waals surface area (Å²) >= 11 is 0. The van der Waals surface area contributed by atoms with E-state index in [9.17, 15) is 10.1 Å². The van der Waals surface area contributed by atoms with Gasteiger partial charge in [-0.1, -0.05) is 36.4 Å². The summed E-state index contributed by atoms with van der Waals surface area (Å²) in [7, 11) is 3.09. The van der Waals surface area contributed by atoms with Gasteiger partial charge in [0.25, 0.3) is 5.56 Å². The molecule has 4 rings (SSSR count). The third-order valence-corrected chi connectivity index (χ3v) is 5.90. The van der Waals surface area contributed by atoms with E-state index in [-0.39, 0.29) is 17.0 Å². The molecule has 2 heterocycles. The Morgan fingerprint density at radius 2 is 1.82 bits per heavy atom. The zero-order valence-electron chi connectivity index (χ0n) is 18.8. The molecule has 0 saturated carbocycles. The second kappa shape index (κ2) is 9.13. The lowest BCUT2D eigenvalue weighted by Crippen LogP contribution is -2.33. The number of rotatable bonds is 6. The van der Waals surface area contributed by atoms with Crippen LogP contribution in [0.15, 0.2) is 70.8 Å². The zero-order valence-corrected chi connectivity index (χ0v) is 18.8. The fourth-order valence-corrected chi connectivity index (χ4v) is 4.22. The number of allylic oxidation sites excluding steroid dienone is 1. The molecule has 0 fully saturated rings. The van der Waals surface area contributed by atoms with Gasteiger partial charge in [-0.15, -0.1) is 0 Å². The van der Waals surface area contributed by atoms with Crippen molar-refractivity contribution in [1.82, 2.24) is 4.57 Å². The largest absolute Gasteiger partial charge is 0.493 e. The number of hydrogen-bond donors (Lipinski definition) is 1. The van der Waals surface area contributed by atoms with E-state index in [1.54, 1.807) is 35.9 Å². The highest BCUT2D eigenvalue weighted by Crippen LogP contribution is 2.42. The standard InChI is InChI=1S/C26H25N3O4/c1-16-13-22-24(26(30)29(16)12-11-17-7-5-4-6-8-17)23(19(15-27)25(28)33-22)18-9-10-20(31-2)21(14-18)32-3/h4-10,13-14,23H,11-12,28H2,1-3H3. The SMILES string of the molecule is COc1ccc(C2C(C#N)=C(N)Oc3cc(C)n(CCc4ccccc4)c(=O)c32)cc1OC. The molecule has 1 aromatic heterocycles. The predicted octanol–water partition coefficient (Wildman–Crippen LogP) is 3.63. The molecule has 1 unspecified atom stereocenters. The quantitative estimate of drug-likeness (QED) is 0.625. The predicted molar refractivity (Wildman–Crippen MR) is 124 cm³/mol. The molecule has 1 atom stereocenters. The van der Waals surface area contributed by atoms with E-state index in [1.165, 1.54) is 7.11 Å². The average molecular weight is 444 g/mol. The Bertz CT molecular complexity index is 1320. The molecular weight excluding hydrogens is 418 g/mol. The number of hydrogen-bond acceptors (Lipinski definition) is 6. The molecule has 33 heavy (non-hydrogen) atoms. The Labute approximate surface area is 192 Å². The van der Waals surface area contributed by atoms with E-state index in [0.717, 1.165) is 11.3 Å². The van der Waals surface area contributed by atoms with Crippen LogP contribution >= 0.6 is 0 Å². The number of nitriles is 1. The van der Waals surface area contributed by atoms with Crippen molar-refractivity contribution in [2.45, 2.75) is 25.8 Å². The molecule has 0 aliphatic carbocycles. The zero-order chi connectivity index (χ0) is 23.5. The Hall–Kier alpha value is -4.18. The van der Waals surface area contributed by atoms with Gasteiger partial charge in [-0.05, 0) is 36.6 Å². The van der Waals surface area contributed by atoms with Gasteiger partial charge < -0.3 is 24.5 Å². The molecule has 1 aliphatic rings. The lowest BCUT2D eigenvalue weighted by atomic mass is 9.84. The van der Waals surface area contributed by atoms with Crippen LogP contribution in [0.1, 0.15) is 28.3 Å². The van der Waals surface area contributed by atoms with Gasteiger partial charge in [0.1, 0.15) is 17.4 Å².